The third-order valence-corrected chi connectivity index (χ3v) is 22.1. The van der Waals surface area contributed by atoms with E-state index in [1.165, 1.54) is 42.9 Å². The van der Waals surface area contributed by atoms with Gasteiger partial charge in [-0.1, -0.05) is 59.8 Å². The van der Waals surface area contributed by atoms with E-state index >= 15 is 33.2 Å². The number of ether oxygens (including phenoxy) is 4. The zero-order chi connectivity index (χ0) is 83.0. The van der Waals surface area contributed by atoms with Crippen molar-refractivity contribution in [2.45, 2.75) is 172 Å². The molecule has 0 spiro atoms. The second kappa shape index (κ2) is 39.2. The number of fused-ring (bicyclic) bond motifs is 7. The lowest BCUT2D eigenvalue weighted by molar-refractivity contribution is -0.870. The van der Waals surface area contributed by atoms with Gasteiger partial charge in [0, 0.05) is 101 Å². The van der Waals surface area contributed by atoms with Crippen LogP contribution in [0.1, 0.15) is 117 Å². The molecule has 9 N–H and O–H groups in total. The number of benzene rings is 4. The third-order valence-electron chi connectivity index (χ3n) is 22.1. The van der Waals surface area contributed by atoms with Crippen molar-refractivity contribution in [1.82, 2.24) is 71.9 Å². The Kier molecular flexibility index (Phi) is 29.0. The molecule has 2 aromatic heterocycles. The first-order chi connectivity index (χ1) is 55.5. The van der Waals surface area contributed by atoms with Gasteiger partial charge in [-0.15, -0.1) is 5.10 Å². The average Bonchev–Trinajstić information content (AvgIpc) is 1.62. The molecule has 0 unspecified atom stereocenters. The number of methoxy groups -OCH3 is 1. The molecule has 32 nitrogen and oxygen atoms in total. The van der Waals surface area contributed by atoms with Crippen LogP contribution < -0.4 is 47.3 Å². The molecule has 5 aliphatic rings. The van der Waals surface area contributed by atoms with Crippen molar-refractivity contribution in [3.63, 3.8) is 0 Å². The normalized spacial score (nSPS) is 24.1. The smallest absolute Gasteiger partial charge is 0.246 e. The van der Waals surface area contributed by atoms with E-state index < -0.39 is 162 Å². The van der Waals surface area contributed by atoms with Crippen molar-refractivity contribution in [3.05, 3.63) is 148 Å². The lowest BCUT2D eigenvalue weighted by Crippen LogP contribution is -2.60. The predicted octanol–water partition coefficient (Wildman–Crippen LogP) is 1.32. The Morgan fingerprint density at radius 1 is 0.716 bits per heavy atom. The Labute approximate surface area is 672 Å². The molecule has 2 fully saturated rings. The van der Waals surface area contributed by atoms with E-state index in [1.807, 2.05) is 39.3 Å². The van der Waals surface area contributed by atoms with Crippen LogP contribution in [0.3, 0.4) is 0 Å². The molecular formula is C83H107FN15O17+. The molecule has 0 saturated carbocycles. The number of hydrogen-bond donors (Lipinski definition) is 9. The number of ketones is 2. The summed E-state index contributed by atoms with van der Waals surface area (Å²) in [7, 11) is 7.60. The van der Waals surface area contributed by atoms with Crippen molar-refractivity contribution < 1.29 is 90.5 Å². The fourth-order valence-electron chi connectivity index (χ4n) is 15.5. The van der Waals surface area contributed by atoms with E-state index in [4.69, 9.17) is 18.9 Å². The minimum Gasteiger partial charge on any atom is -0.497 e. The van der Waals surface area contributed by atoms with E-state index in [-0.39, 0.29) is 123 Å². The Balaban J connectivity index is 1.02. The van der Waals surface area contributed by atoms with Crippen molar-refractivity contribution in [2.75, 3.05) is 94.0 Å². The fraction of sp³-hybridized carbons (Fsp3) is 0.518. The second-order valence-corrected chi connectivity index (χ2v) is 31.9. The number of likely N-dealkylation sites (N-methyl/N-ethyl adjacent to an activating group) is 1. The van der Waals surface area contributed by atoms with Gasteiger partial charge in [-0.25, -0.2) is 9.07 Å². The first kappa shape index (κ1) is 86.0. The Bertz CT molecular complexity index is 4600. The number of hydrogen-bond acceptors (Lipinski definition) is 19. The number of carbonyl (C=O) groups excluding carboxylic acids is 12. The van der Waals surface area contributed by atoms with Crippen LogP contribution in [0.2, 0.25) is 0 Å². The number of nitrogens with zero attached hydrogens (tertiary/aromatic N) is 7. The lowest BCUT2D eigenvalue weighted by Gasteiger charge is -2.37. The number of carbonyl (C=O) groups is 12. The largest absolute Gasteiger partial charge is 0.497 e. The molecule has 6 aromatic rings. The van der Waals surface area contributed by atoms with Crippen LogP contribution in [0.4, 0.5) is 4.39 Å². The highest BCUT2D eigenvalue weighted by molar-refractivity contribution is 6.00. The zero-order valence-electron chi connectivity index (χ0n) is 66.8. The maximum atomic E-state index is 16.4. The summed E-state index contributed by atoms with van der Waals surface area (Å²) in [5, 5.41) is 43.6. The number of aliphatic hydroxyl groups excluding tert-OH is 1. The summed E-state index contributed by atoms with van der Waals surface area (Å²) >= 11 is 0. The molecule has 33 heteroatoms. The van der Waals surface area contributed by atoms with Crippen LogP contribution in [-0.4, -0.2) is 252 Å². The maximum absolute atomic E-state index is 16.4. The second-order valence-electron chi connectivity index (χ2n) is 31.9. The number of nitrogens with one attached hydrogen (secondary N) is 8. The molecular weight excluding hydrogens is 1500 g/mol. The minimum atomic E-state index is -1.67. The fourth-order valence-corrected chi connectivity index (χ4v) is 15.5. The van der Waals surface area contributed by atoms with Gasteiger partial charge in [0.15, 0.2) is 11.6 Å². The lowest BCUT2D eigenvalue weighted by atomic mass is 9.87. The summed E-state index contributed by atoms with van der Waals surface area (Å²) in [6, 6.07) is 15.6. The number of quaternary nitrogens is 1. The molecule has 13 bridgehead atoms. The maximum Gasteiger partial charge on any atom is 0.246 e. The van der Waals surface area contributed by atoms with Crippen molar-refractivity contribution in [2.24, 2.45) is 11.8 Å². The third kappa shape index (κ3) is 22.8. The zero-order valence-corrected chi connectivity index (χ0v) is 66.8. The number of aliphatic hydroxyl groups is 1. The molecule has 0 aliphatic carbocycles. The summed E-state index contributed by atoms with van der Waals surface area (Å²) in [5.41, 5.74) is 3.50. The van der Waals surface area contributed by atoms with Gasteiger partial charge in [0.1, 0.15) is 60.1 Å². The highest BCUT2D eigenvalue weighted by atomic mass is 19.1. The van der Waals surface area contributed by atoms with Gasteiger partial charge in [0.05, 0.1) is 98.1 Å². The van der Waals surface area contributed by atoms with Gasteiger partial charge in [0.2, 0.25) is 59.1 Å². The standard InChI is InChI=1S/C83H106FN15O17/c1-50-77(107)92-67(44-88-73(104)24-30-114-32-33-115-31-29-99(4,5)6)79(109)90-65-37-54-10-8-11-55(34-54)42-86-75(106)49-116-71-23-28-97-76(71)70(102)41-63(51(2)100)78(108)91-66(36-52-13-17-62(113-7)18-14-52)81(111)98-27-9-25-83(98,3)82(112)85-26-22-53-12-15-56(43-87-72(103)20-21-74(105)89-50)58(35-53)46-96-48-61(93-94-96)47-95-45-59(38-57(80(97)110)39-69(65)101)64-40-60(84)16-19-68(64)95/h8,10-19,34-35,40,45,48,50-51,57,63,65-67,71,76,100H,9,20-33,36-39,41-44,46-47,49H2,1-7H3,(H7-,85,86,87,88,89,90,91,92,103,104,105,106,107,108,109,112)/p+1/t50-,51+,57+,63-,65-,66-,67+,71-,76+,83-/m0/s1. The van der Waals surface area contributed by atoms with Gasteiger partial charge >= 0.3 is 0 Å². The number of aromatic nitrogens is 4. The van der Waals surface area contributed by atoms with Gasteiger partial charge in [-0.05, 0) is 129 Å². The first-order valence-electron chi connectivity index (χ1n) is 39.7. The molecule has 0 radical (unpaired) electrons. The van der Waals surface area contributed by atoms with Crippen molar-refractivity contribution >= 4 is 81.5 Å². The van der Waals surface area contributed by atoms with Crippen LogP contribution in [0, 0.1) is 17.7 Å². The van der Waals surface area contributed by atoms with E-state index in [0.29, 0.717) is 73.2 Å². The molecule has 622 valence electrons. The van der Waals surface area contributed by atoms with E-state index in [9.17, 15) is 33.9 Å². The van der Waals surface area contributed by atoms with E-state index in [2.05, 4.69) is 52.8 Å². The highest BCUT2D eigenvalue weighted by Gasteiger charge is 2.50. The highest BCUT2D eigenvalue weighted by Crippen LogP contribution is 2.35. The molecule has 116 heavy (non-hydrogen) atoms. The topological polar surface area (TPSA) is 400 Å². The molecule has 10 amide bonds. The Morgan fingerprint density at radius 2 is 1.47 bits per heavy atom. The molecule has 7 heterocycles. The average molecular weight is 1610 g/mol. The number of Topliss-reactive ketones (excluding diaryl/α,β-unsaturated/α-hetero) is 2. The van der Waals surface area contributed by atoms with E-state index in [0.717, 1.165) is 12.1 Å². The molecule has 11 rings (SSSR count). The summed E-state index contributed by atoms with van der Waals surface area (Å²) in [4.78, 5) is 181. The first-order valence-corrected chi connectivity index (χ1v) is 39.7. The summed E-state index contributed by atoms with van der Waals surface area (Å²) in [5.74, 6) is -12.0. The number of rotatable bonds is 15. The van der Waals surface area contributed by atoms with Crippen LogP contribution in [0.15, 0.2) is 97.3 Å². The minimum absolute atomic E-state index is 0.0209. The van der Waals surface area contributed by atoms with Crippen LogP contribution in [0.5, 0.6) is 5.75 Å². The predicted molar refractivity (Wildman–Crippen MR) is 419 cm³/mol. The molecule has 2 saturated heterocycles. The molecule has 4 aromatic carbocycles. The summed E-state index contributed by atoms with van der Waals surface area (Å²) in [6.07, 6.45) is -1.62. The van der Waals surface area contributed by atoms with Gasteiger partial charge in [0.25, 0.3) is 0 Å². The van der Waals surface area contributed by atoms with Crippen LogP contribution in [0.25, 0.3) is 10.9 Å². The number of amides is 10. The quantitative estimate of drug-likeness (QED) is 0.0517. The summed E-state index contributed by atoms with van der Waals surface area (Å²) in [6.45, 7) is 4.80. The van der Waals surface area contributed by atoms with Crippen molar-refractivity contribution in [3.8, 4) is 5.75 Å². The van der Waals surface area contributed by atoms with Gasteiger partial charge in [-0.2, -0.15) is 0 Å². The van der Waals surface area contributed by atoms with Crippen LogP contribution >= 0.6 is 0 Å². The SMILES string of the molecule is COc1ccc(C[C@@H]2NC(=O)[C@H]([C@@H](C)O)CC(=O)[C@@H]3[C@@H]4CCN3C(=O)[C@H]3CC(=O)[C@H](Cc5cccc(c5)CNC(=O)CO4)NC(=O)[C@@H](CNC(=O)CCOCCOCC[N+](C)(C)C)NC(=O)[C@H](C)NC(=O)CCC(=O)NCc4ccc(cc4Cn4cc(nn4)Cn4cc(c5cc(F)ccc54)C3)CCNC(=O)[C@]3(C)CCCN3C2=O)cc1. The van der Waals surface area contributed by atoms with Gasteiger partial charge in [-0.3, -0.25) is 57.5 Å². The van der Waals surface area contributed by atoms with Crippen molar-refractivity contribution in [1.29, 1.82) is 0 Å². The summed E-state index contributed by atoms with van der Waals surface area (Å²) < 4.78 is 43.2. The monoisotopic (exact) mass is 1600 g/mol. The van der Waals surface area contributed by atoms with Crippen LogP contribution in [-0.2, 0) is 124 Å². The Morgan fingerprint density at radius 3 is 2.23 bits per heavy atom. The number of halogens is 1. The molecule has 10 atom stereocenters. The van der Waals surface area contributed by atoms with E-state index in [1.54, 1.807) is 83.2 Å². The Hall–Kier alpha value is -10.9. The molecule has 5 aliphatic heterocycles. The van der Waals surface area contributed by atoms with Gasteiger partial charge < -0.3 is 85.4 Å².